The van der Waals surface area contributed by atoms with Gasteiger partial charge in [0.05, 0.1) is 0 Å². The minimum atomic E-state index is -3.54. The Hall–Kier alpha value is -2.45. The quantitative estimate of drug-likeness (QED) is 0.579. The van der Waals surface area contributed by atoms with Gasteiger partial charge in [-0.2, -0.15) is 0 Å². The molecule has 0 unspecified atom stereocenters. The van der Waals surface area contributed by atoms with E-state index in [1.54, 1.807) is 0 Å². The molecule has 0 fully saturated rings. The largest absolute Gasteiger partial charge is 2.00 e. The van der Waals surface area contributed by atoms with Gasteiger partial charge < -0.3 is 8.63 Å². The smallest absolute Gasteiger partial charge is 0.468 e. The first-order valence-corrected chi connectivity index (χ1v) is 3.51. The number of hydrogen-bond acceptors (Lipinski definition) is 6. The van der Waals surface area contributed by atoms with Crippen molar-refractivity contribution in [1.29, 1.82) is 31.6 Å². The molecule has 6 nitrogen and oxygen atoms in total. The van der Waals surface area contributed by atoms with Crippen molar-refractivity contribution in [2.24, 2.45) is 0 Å². The van der Waals surface area contributed by atoms with E-state index in [2.05, 4.69) is 0 Å². The van der Waals surface area contributed by atoms with Crippen LogP contribution < -0.4 is 0 Å². The molecule has 0 rings (SSSR count). The summed E-state index contributed by atoms with van der Waals surface area (Å²) < 4.78 is 23.9. The van der Waals surface area contributed by atoms with Crippen LogP contribution in [0, 0.1) is 67.4 Å². The molecule has 0 aliphatic heterocycles. The molecule has 0 aromatic heterocycles. The maximum absolute atomic E-state index is 12.0. The Balaban J connectivity index is -0.000000218. The van der Waals surface area contributed by atoms with Gasteiger partial charge in [0, 0.05) is 0 Å². The first-order chi connectivity index (χ1) is 7.36. The maximum atomic E-state index is 12.0. The Morgan fingerprint density at radius 1 is 0.529 bits per heavy atom. The second-order valence-corrected chi connectivity index (χ2v) is 2.30. The normalized spacial score (nSPS) is 7.76. The third-order valence-electron chi connectivity index (χ3n) is 1.07. The number of nitriles is 6. The molecule has 0 radical (unpaired) electrons. The van der Waals surface area contributed by atoms with E-state index < -0.39 is 12.8 Å². The summed E-state index contributed by atoms with van der Waals surface area (Å²) in [5.41, 5.74) is 0. The third kappa shape index (κ3) is 7.48. The molecular weight excluding hydrogens is 281 g/mol. The fourth-order valence-electron chi connectivity index (χ4n) is 0.173. The summed E-state index contributed by atoms with van der Waals surface area (Å²) in [6, 6.07) is 0. The number of halogens is 2. The van der Waals surface area contributed by atoms with Crippen LogP contribution in [0.4, 0.5) is 8.63 Å². The molecule has 0 aromatic rings. The molecule has 0 heterocycles. The summed E-state index contributed by atoms with van der Waals surface area (Å²) in [7, 11) is 0. The summed E-state index contributed by atoms with van der Waals surface area (Å²) in [4.78, 5) is 0. The number of hydrogen-bond donors (Lipinski definition) is 0. The number of nitrogens with zero attached hydrogens (tertiary/aromatic N) is 6. The van der Waals surface area contributed by atoms with Gasteiger partial charge in [-0.05, 0) is 0 Å². The summed E-state index contributed by atoms with van der Waals surface area (Å²) in [5, 5.41) is 46.5. The Labute approximate surface area is 109 Å². The van der Waals surface area contributed by atoms with Crippen LogP contribution >= 0.6 is 0 Å². The van der Waals surface area contributed by atoms with Gasteiger partial charge >= 0.3 is 32.3 Å². The fraction of sp³-hybridized carbons (Fsp3) is 0. The second-order valence-electron chi connectivity index (χ2n) is 2.30. The Morgan fingerprint density at radius 2 is 0.647 bits per heavy atom. The average molecular weight is 281 g/mol. The summed E-state index contributed by atoms with van der Waals surface area (Å²) in [5.74, 6) is 5.71. The first kappa shape index (κ1) is 20.0. The topological polar surface area (TPSA) is 143 Å². The van der Waals surface area contributed by atoms with Gasteiger partial charge in [0.15, 0.2) is 0 Å². The van der Waals surface area contributed by atoms with Crippen LogP contribution in [0.3, 0.4) is 0 Å². The van der Waals surface area contributed by atoms with Crippen molar-refractivity contribution in [3.63, 3.8) is 0 Å². The van der Waals surface area contributed by atoms with Crippen LogP contribution in [0.2, 0.25) is 0 Å². The van der Waals surface area contributed by atoms with Gasteiger partial charge in [0.1, 0.15) is 0 Å². The van der Waals surface area contributed by atoms with E-state index >= 15 is 0 Å². The van der Waals surface area contributed by atoms with E-state index in [1.165, 1.54) is 0 Å². The predicted octanol–water partition coefficient (Wildman–Crippen LogP) is 0.177. The van der Waals surface area contributed by atoms with Gasteiger partial charge in [-0.3, -0.25) is 0 Å². The maximum Gasteiger partial charge on any atom is 2.00 e. The minimum absolute atomic E-state index is 0. The van der Waals surface area contributed by atoms with Crippen LogP contribution in [-0.4, -0.2) is 12.8 Å². The van der Waals surface area contributed by atoms with Crippen molar-refractivity contribution in [3.8, 4) is 35.8 Å². The van der Waals surface area contributed by atoms with E-state index in [1.807, 2.05) is 0 Å². The van der Waals surface area contributed by atoms with Crippen molar-refractivity contribution in [2.75, 3.05) is 0 Å². The van der Waals surface area contributed by atoms with Crippen molar-refractivity contribution in [3.05, 3.63) is 0 Å². The average Bonchev–Trinajstić information content (AvgIpc) is 2.37. The molecule has 0 atom stereocenters. The van der Waals surface area contributed by atoms with Crippen LogP contribution in [0.5, 0.6) is 0 Å². The predicted molar refractivity (Wildman–Crippen MR) is 47.4 cm³/mol. The molecule has 0 saturated carbocycles. The monoisotopic (exact) mass is 280 g/mol. The Kier molecular flexibility index (Phi) is 10.4. The van der Waals surface area contributed by atoms with Crippen molar-refractivity contribution < 1.29 is 28.1 Å². The molecular formula is C6B2F2N6Zn. The van der Waals surface area contributed by atoms with Gasteiger partial charge in [-0.25, -0.2) is 31.6 Å². The molecule has 0 bridgehead atoms. The van der Waals surface area contributed by atoms with E-state index in [0.29, 0.717) is 0 Å². The SMILES string of the molecule is N#C[B-](F)(C#N)C#N.N#C[B-](F)(C#N)C#N.[Zn+2]. The zero-order chi connectivity index (χ0) is 13.2. The fourth-order valence-corrected chi connectivity index (χ4v) is 0.173. The van der Waals surface area contributed by atoms with E-state index in [4.69, 9.17) is 31.6 Å². The van der Waals surface area contributed by atoms with Gasteiger partial charge in [0.2, 0.25) is 0 Å². The molecule has 0 N–H and O–H groups in total. The molecule has 0 saturated heterocycles. The van der Waals surface area contributed by atoms with Crippen molar-refractivity contribution in [1.82, 2.24) is 0 Å². The zero-order valence-corrected chi connectivity index (χ0v) is 11.3. The number of rotatable bonds is 0. The molecule has 17 heavy (non-hydrogen) atoms. The minimum Gasteiger partial charge on any atom is -0.468 e. The third-order valence-corrected chi connectivity index (χ3v) is 1.07. The second kappa shape index (κ2) is 8.83. The van der Waals surface area contributed by atoms with E-state index in [0.717, 1.165) is 35.8 Å². The van der Waals surface area contributed by atoms with E-state index in [9.17, 15) is 8.63 Å². The molecule has 0 amide bonds. The van der Waals surface area contributed by atoms with Crippen LogP contribution in [-0.2, 0) is 19.5 Å². The van der Waals surface area contributed by atoms with E-state index in [-0.39, 0.29) is 19.5 Å². The van der Waals surface area contributed by atoms with Crippen LogP contribution in [0.15, 0.2) is 0 Å². The summed E-state index contributed by atoms with van der Waals surface area (Å²) >= 11 is 0. The van der Waals surface area contributed by atoms with Crippen molar-refractivity contribution >= 4 is 12.8 Å². The van der Waals surface area contributed by atoms with Gasteiger partial charge in [-0.1, -0.05) is 35.8 Å². The van der Waals surface area contributed by atoms with Crippen LogP contribution in [0.1, 0.15) is 0 Å². The standard InChI is InChI=1S/2C3BFN3.Zn/c2*5-4(1-6,2-7)3-8;/q2*-1;+2. The molecule has 0 aromatic carbocycles. The Bertz CT molecular complexity index is 389. The van der Waals surface area contributed by atoms with Gasteiger partial charge in [0.25, 0.3) is 0 Å². The molecule has 0 aliphatic carbocycles. The first-order valence-electron chi connectivity index (χ1n) is 3.51. The molecule has 11 heteroatoms. The summed E-state index contributed by atoms with van der Waals surface area (Å²) in [6.07, 6.45) is -7.08. The summed E-state index contributed by atoms with van der Waals surface area (Å²) in [6.45, 7) is 0. The molecule has 0 spiro atoms. The van der Waals surface area contributed by atoms with Crippen molar-refractivity contribution in [2.45, 2.75) is 0 Å². The molecule has 0 aliphatic rings. The van der Waals surface area contributed by atoms with Gasteiger partial charge in [-0.15, -0.1) is 0 Å². The zero-order valence-electron chi connectivity index (χ0n) is 8.30. The molecule has 76 valence electrons. The Morgan fingerprint density at radius 3 is 0.647 bits per heavy atom. The van der Waals surface area contributed by atoms with Crippen LogP contribution in [0.25, 0.3) is 0 Å².